The Labute approximate surface area is 147 Å². The van der Waals surface area contributed by atoms with Crippen molar-refractivity contribution >= 4 is 23.2 Å². The molecule has 7 nitrogen and oxygen atoms in total. The smallest absolute Gasteiger partial charge is 0.249 e. The van der Waals surface area contributed by atoms with E-state index in [-0.39, 0.29) is 11.7 Å². The van der Waals surface area contributed by atoms with Gasteiger partial charge in [0.2, 0.25) is 5.91 Å². The number of halogens is 2. The molecule has 2 aromatic heterocycles. The molecular formula is C16H14ClFN6O. The van der Waals surface area contributed by atoms with Crippen molar-refractivity contribution in [3.8, 4) is 0 Å². The van der Waals surface area contributed by atoms with Gasteiger partial charge in [0.15, 0.2) is 0 Å². The standard InChI is InChI=1S/C16H14ClFN6O/c1-10-21-22-23-24(10)14(8-11-2-4-12(18)5-3-11)16(25)20-13-6-7-15(17)19-9-13/h2-7,9,14H,8H2,1H3,(H,20,25). The van der Waals surface area contributed by atoms with E-state index in [1.807, 2.05) is 0 Å². The Hall–Kier alpha value is -2.87. The molecule has 1 atom stereocenters. The van der Waals surface area contributed by atoms with Crippen molar-refractivity contribution in [1.29, 1.82) is 0 Å². The summed E-state index contributed by atoms with van der Waals surface area (Å²) in [5.41, 5.74) is 1.29. The molecule has 0 fully saturated rings. The Morgan fingerprint density at radius 1 is 1.28 bits per heavy atom. The molecule has 1 unspecified atom stereocenters. The predicted octanol–water partition coefficient (Wildman–Crippen LogP) is 2.59. The average Bonchev–Trinajstić information content (AvgIpc) is 3.02. The van der Waals surface area contributed by atoms with Gasteiger partial charge in [0.05, 0.1) is 11.9 Å². The minimum atomic E-state index is -0.698. The zero-order valence-electron chi connectivity index (χ0n) is 13.2. The number of nitrogens with one attached hydrogen (secondary N) is 1. The Bertz CT molecular complexity index is 865. The number of pyridine rings is 1. The zero-order valence-corrected chi connectivity index (χ0v) is 14.0. The molecular weight excluding hydrogens is 347 g/mol. The van der Waals surface area contributed by atoms with Gasteiger partial charge in [-0.3, -0.25) is 4.79 Å². The van der Waals surface area contributed by atoms with E-state index in [9.17, 15) is 9.18 Å². The fourth-order valence-corrected chi connectivity index (χ4v) is 2.45. The molecule has 128 valence electrons. The number of amides is 1. The van der Waals surface area contributed by atoms with Gasteiger partial charge < -0.3 is 5.32 Å². The molecule has 1 aromatic carbocycles. The number of aromatic nitrogens is 5. The normalized spacial score (nSPS) is 12.0. The van der Waals surface area contributed by atoms with Crippen LogP contribution in [0.2, 0.25) is 5.15 Å². The van der Waals surface area contributed by atoms with E-state index in [2.05, 4.69) is 25.8 Å². The first-order valence-corrected chi connectivity index (χ1v) is 7.82. The molecule has 0 spiro atoms. The highest BCUT2D eigenvalue weighted by atomic mass is 35.5. The third-order valence-electron chi connectivity index (χ3n) is 3.59. The fourth-order valence-electron chi connectivity index (χ4n) is 2.34. The number of tetrazole rings is 1. The minimum absolute atomic E-state index is 0.305. The number of aryl methyl sites for hydroxylation is 1. The maximum atomic E-state index is 13.1. The molecule has 1 amide bonds. The molecule has 0 saturated heterocycles. The second-order valence-electron chi connectivity index (χ2n) is 5.38. The van der Waals surface area contributed by atoms with E-state index < -0.39 is 6.04 Å². The van der Waals surface area contributed by atoms with Crippen molar-refractivity contribution in [2.45, 2.75) is 19.4 Å². The first-order chi connectivity index (χ1) is 12.0. The van der Waals surface area contributed by atoms with Crippen LogP contribution in [-0.4, -0.2) is 31.1 Å². The molecule has 0 saturated carbocycles. The lowest BCUT2D eigenvalue weighted by Crippen LogP contribution is -2.29. The van der Waals surface area contributed by atoms with Crippen LogP contribution < -0.4 is 5.32 Å². The molecule has 0 aliphatic heterocycles. The molecule has 3 aromatic rings. The maximum Gasteiger partial charge on any atom is 0.249 e. The fraction of sp³-hybridized carbons (Fsp3) is 0.188. The largest absolute Gasteiger partial charge is 0.323 e. The number of hydrogen-bond acceptors (Lipinski definition) is 5. The highest BCUT2D eigenvalue weighted by Crippen LogP contribution is 2.18. The summed E-state index contributed by atoms with van der Waals surface area (Å²) in [6.07, 6.45) is 1.76. The molecule has 3 rings (SSSR count). The molecule has 0 bridgehead atoms. The van der Waals surface area contributed by atoms with Crippen molar-refractivity contribution in [1.82, 2.24) is 25.2 Å². The van der Waals surface area contributed by atoms with Crippen molar-refractivity contribution in [2.24, 2.45) is 0 Å². The number of nitrogens with zero attached hydrogens (tertiary/aromatic N) is 5. The van der Waals surface area contributed by atoms with Gasteiger partial charge in [-0.1, -0.05) is 23.7 Å². The summed E-state index contributed by atoms with van der Waals surface area (Å²) in [4.78, 5) is 16.7. The Balaban J connectivity index is 1.85. The van der Waals surface area contributed by atoms with Crippen LogP contribution >= 0.6 is 11.6 Å². The minimum Gasteiger partial charge on any atom is -0.323 e. The molecule has 0 aliphatic rings. The van der Waals surface area contributed by atoms with E-state index in [0.29, 0.717) is 23.1 Å². The first kappa shape index (κ1) is 17.0. The summed E-state index contributed by atoms with van der Waals surface area (Å²) in [7, 11) is 0. The number of anilines is 1. The highest BCUT2D eigenvalue weighted by molar-refractivity contribution is 6.29. The van der Waals surface area contributed by atoms with Crippen molar-refractivity contribution in [3.05, 3.63) is 65.0 Å². The summed E-state index contributed by atoms with van der Waals surface area (Å²) >= 11 is 5.75. The maximum absolute atomic E-state index is 13.1. The van der Waals surface area contributed by atoms with Crippen LogP contribution in [0, 0.1) is 12.7 Å². The number of carbonyl (C=O) groups is 1. The molecule has 0 radical (unpaired) electrons. The molecule has 0 aliphatic carbocycles. The van der Waals surface area contributed by atoms with Crippen LogP contribution in [0.15, 0.2) is 42.6 Å². The van der Waals surface area contributed by atoms with Gasteiger partial charge in [0.1, 0.15) is 22.8 Å². The van der Waals surface area contributed by atoms with Gasteiger partial charge in [-0.2, -0.15) is 0 Å². The van der Waals surface area contributed by atoms with Crippen LogP contribution in [0.5, 0.6) is 0 Å². The number of rotatable bonds is 5. The van der Waals surface area contributed by atoms with Crippen LogP contribution in [0.25, 0.3) is 0 Å². The number of carbonyl (C=O) groups excluding carboxylic acids is 1. The predicted molar refractivity (Wildman–Crippen MR) is 89.6 cm³/mol. The quantitative estimate of drug-likeness (QED) is 0.707. The van der Waals surface area contributed by atoms with Gasteiger partial charge in [0, 0.05) is 6.42 Å². The van der Waals surface area contributed by atoms with Crippen molar-refractivity contribution in [3.63, 3.8) is 0 Å². The van der Waals surface area contributed by atoms with Crippen LogP contribution in [0.1, 0.15) is 17.4 Å². The topological polar surface area (TPSA) is 85.6 Å². The van der Waals surface area contributed by atoms with Gasteiger partial charge in [-0.25, -0.2) is 14.1 Å². The lowest BCUT2D eigenvalue weighted by Gasteiger charge is -2.17. The van der Waals surface area contributed by atoms with E-state index in [1.165, 1.54) is 23.0 Å². The van der Waals surface area contributed by atoms with Crippen LogP contribution in [0.4, 0.5) is 10.1 Å². The van der Waals surface area contributed by atoms with Crippen molar-refractivity contribution < 1.29 is 9.18 Å². The SMILES string of the molecule is Cc1nnnn1C(Cc1ccc(F)cc1)C(=O)Nc1ccc(Cl)nc1. The van der Waals surface area contributed by atoms with Crippen LogP contribution in [-0.2, 0) is 11.2 Å². The summed E-state index contributed by atoms with van der Waals surface area (Å²) < 4.78 is 14.5. The summed E-state index contributed by atoms with van der Waals surface area (Å²) in [6.45, 7) is 1.70. The average molecular weight is 361 g/mol. The van der Waals surface area contributed by atoms with Gasteiger partial charge >= 0.3 is 0 Å². The van der Waals surface area contributed by atoms with Gasteiger partial charge in [0.25, 0.3) is 0 Å². The molecule has 2 heterocycles. The van der Waals surface area contributed by atoms with Crippen LogP contribution in [0.3, 0.4) is 0 Å². The second-order valence-corrected chi connectivity index (χ2v) is 5.76. The zero-order chi connectivity index (χ0) is 17.8. The lowest BCUT2D eigenvalue weighted by molar-refractivity contribution is -0.119. The highest BCUT2D eigenvalue weighted by Gasteiger charge is 2.24. The second kappa shape index (κ2) is 7.35. The van der Waals surface area contributed by atoms with E-state index in [4.69, 9.17) is 11.6 Å². The molecule has 9 heteroatoms. The molecule has 1 N–H and O–H groups in total. The molecule has 25 heavy (non-hydrogen) atoms. The number of hydrogen-bond donors (Lipinski definition) is 1. The number of benzene rings is 1. The third kappa shape index (κ3) is 4.16. The Kier molecular flexibility index (Phi) is 4.99. The Morgan fingerprint density at radius 3 is 2.64 bits per heavy atom. The summed E-state index contributed by atoms with van der Waals surface area (Å²) in [6, 6.07) is 8.47. The third-order valence-corrected chi connectivity index (χ3v) is 3.82. The van der Waals surface area contributed by atoms with Crippen molar-refractivity contribution in [2.75, 3.05) is 5.32 Å². The van der Waals surface area contributed by atoms with Gasteiger partial charge in [-0.15, -0.1) is 5.10 Å². The Morgan fingerprint density at radius 2 is 2.04 bits per heavy atom. The van der Waals surface area contributed by atoms with E-state index >= 15 is 0 Å². The van der Waals surface area contributed by atoms with Gasteiger partial charge in [-0.05, 0) is 47.2 Å². The van der Waals surface area contributed by atoms with E-state index in [0.717, 1.165) is 5.56 Å². The summed E-state index contributed by atoms with van der Waals surface area (Å²) in [5, 5.41) is 14.4. The lowest BCUT2D eigenvalue weighted by atomic mass is 10.1. The first-order valence-electron chi connectivity index (χ1n) is 7.44. The summed E-state index contributed by atoms with van der Waals surface area (Å²) in [5.74, 6) is -0.157. The monoisotopic (exact) mass is 360 g/mol. The van der Waals surface area contributed by atoms with E-state index in [1.54, 1.807) is 31.2 Å².